The molecule has 0 aliphatic carbocycles. The quantitative estimate of drug-likeness (QED) is 0.639. The monoisotopic (exact) mass is 302 g/mol. The van der Waals surface area contributed by atoms with Crippen molar-refractivity contribution in [3.05, 3.63) is 29.8 Å². The fraction of sp³-hybridized carbons (Fsp3) is 0.417. The van der Waals surface area contributed by atoms with Crippen LogP contribution in [0.15, 0.2) is 24.3 Å². The Kier molecular flexibility index (Phi) is 5.93. The average molecular weight is 302 g/mol. The second kappa shape index (κ2) is 7.22. The Labute approximate surface area is 118 Å². The lowest BCUT2D eigenvalue weighted by molar-refractivity contribution is -0.137. The lowest BCUT2D eigenvalue weighted by Gasteiger charge is -2.17. The number of carboxylic acid groups (broad SMARTS) is 1. The van der Waals surface area contributed by atoms with Crippen LogP contribution in [0.4, 0.5) is 5.69 Å². The van der Waals surface area contributed by atoms with Crippen LogP contribution in [-0.2, 0) is 21.4 Å². The molecular formula is C12H18N2O5S. The zero-order valence-corrected chi connectivity index (χ0v) is 11.9. The highest BCUT2D eigenvalue weighted by molar-refractivity contribution is 7.90. The van der Waals surface area contributed by atoms with Crippen molar-refractivity contribution in [2.45, 2.75) is 12.8 Å². The Hall–Kier alpha value is -1.64. The second-order valence-corrected chi connectivity index (χ2v) is 6.02. The molecule has 0 radical (unpaired) electrons. The van der Waals surface area contributed by atoms with Crippen LogP contribution >= 0.6 is 0 Å². The maximum atomic E-state index is 11.9. The number of rotatable bonds is 8. The van der Waals surface area contributed by atoms with E-state index in [-0.39, 0.29) is 19.6 Å². The Balaban J connectivity index is 2.67. The highest BCUT2D eigenvalue weighted by atomic mass is 32.2. The smallest absolute Gasteiger partial charge is 0.304 e. The summed E-state index contributed by atoms with van der Waals surface area (Å²) in [5.41, 5.74) is 1.28. The molecule has 0 fully saturated rings. The van der Waals surface area contributed by atoms with Crippen LogP contribution in [-0.4, -0.2) is 49.1 Å². The van der Waals surface area contributed by atoms with Crippen molar-refractivity contribution in [1.82, 2.24) is 4.31 Å². The van der Waals surface area contributed by atoms with E-state index < -0.39 is 16.2 Å². The van der Waals surface area contributed by atoms with Gasteiger partial charge in [0, 0.05) is 25.9 Å². The molecule has 0 amide bonds. The maximum absolute atomic E-state index is 11.9. The third-order valence-electron chi connectivity index (χ3n) is 2.65. The Morgan fingerprint density at radius 1 is 1.30 bits per heavy atom. The van der Waals surface area contributed by atoms with Crippen LogP contribution in [0.1, 0.15) is 12.0 Å². The van der Waals surface area contributed by atoms with Crippen LogP contribution in [0.5, 0.6) is 0 Å². The molecule has 0 spiro atoms. The molecule has 0 aliphatic heterocycles. The van der Waals surface area contributed by atoms with Crippen LogP contribution in [0.2, 0.25) is 0 Å². The van der Waals surface area contributed by atoms with Crippen LogP contribution in [0, 0.1) is 0 Å². The zero-order valence-electron chi connectivity index (χ0n) is 11.1. The standard InChI is InChI=1S/C12H18N2O5S/c1-14(8-6-12(16)17)20(18,19)13-11-4-2-10(3-5-11)7-9-15/h2-5,13,15H,6-9H2,1H3,(H,16,17). The number of hydrogen-bond acceptors (Lipinski definition) is 4. The summed E-state index contributed by atoms with van der Waals surface area (Å²) in [5.74, 6) is -1.06. The Morgan fingerprint density at radius 3 is 2.40 bits per heavy atom. The van der Waals surface area contributed by atoms with E-state index in [9.17, 15) is 13.2 Å². The molecule has 0 heterocycles. The minimum atomic E-state index is -3.76. The van der Waals surface area contributed by atoms with Gasteiger partial charge in [-0.15, -0.1) is 0 Å². The molecule has 0 bridgehead atoms. The lowest BCUT2D eigenvalue weighted by Crippen LogP contribution is -2.34. The SMILES string of the molecule is CN(CCC(=O)O)S(=O)(=O)Nc1ccc(CCO)cc1. The van der Waals surface area contributed by atoms with Gasteiger partial charge in [-0.3, -0.25) is 9.52 Å². The van der Waals surface area contributed by atoms with E-state index in [4.69, 9.17) is 10.2 Å². The van der Waals surface area contributed by atoms with Crippen molar-refractivity contribution < 1.29 is 23.4 Å². The summed E-state index contributed by atoms with van der Waals surface area (Å²) >= 11 is 0. The summed E-state index contributed by atoms with van der Waals surface area (Å²) in [6.45, 7) is -0.0732. The van der Waals surface area contributed by atoms with E-state index in [0.717, 1.165) is 9.87 Å². The molecule has 0 unspecified atom stereocenters. The third kappa shape index (κ3) is 5.16. The normalized spacial score (nSPS) is 11.6. The minimum absolute atomic E-state index is 0.0308. The third-order valence-corrected chi connectivity index (χ3v) is 4.15. The van der Waals surface area contributed by atoms with E-state index in [2.05, 4.69) is 4.72 Å². The molecule has 1 aromatic carbocycles. The van der Waals surface area contributed by atoms with Gasteiger partial charge in [-0.25, -0.2) is 0 Å². The summed E-state index contributed by atoms with van der Waals surface area (Å²) in [4.78, 5) is 10.4. The van der Waals surface area contributed by atoms with Gasteiger partial charge in [0.2, 0.25) is 0 Å². The first-order valence-electron chi connectivity index (χ1n) is 6.01. The lowest BCUT2D eigenvalue weighted by atomic mass is 10.1. The second-order valence-electron chi connectivity index (χ2n) is 4.24. The molecular weight excluding hydrogens is 284 g/mol. The number of aliphatic carboxylic acids is 1. The van der Waals surface area contributed by atoms with Gasteiger partial charge in [-0.05, 0) is 24.1 Å². The molecule has 0 aromatic heterocycles. The highest BCUT2D eigenvalue weighted by Crippen LogP contribution is 2.13. The number of aliphatic hydroxyl groups is 1. The largest absolute Gasteiger partial charge is 0.481 e. The number of carboxylic acids is 1. The van der Waals surface area contributed by atoms with Gasteiger partial charge in [0.15, 0.2) is 0 Å². The molecule has 1 aromatic rings. The first kappa shape index (κ1) is 16.4. The van der Waals surface area contributed by atoms with Gasteiger partial charge >= 0.3 is 16.2 Å². The van der Waals surface area contributed by atoms with Crippen molar-refractivity contribution in [1.29, 1.82) is 0 Å². The first-order valence-corrected chi connectivity index (χ1v) is 7.45. The van der Waals surface area contributed by atoms with Gasteiger partial charge in [0.1, 0.15) is 0 Å². The molecule has 20 heavy (non-hydrogen) atoms. The molecule has 3 N–H and O–H groups in total. The predicted octanol–water partition coefficient (Wildman–Crippen LogP) is 0.285. The predicted molar refractivity (Wildman–Crippen MR) is 74.7 cm³/mol. The van der Waals surface area contributed by atoms with Crippen molar-refractivity contribution >= 4 is 21.9 Å². The van der Waals surface area contributed by atoms with Crippen LogP contribution in [0.3, 0.4) is 0 Å². The van der Waals surface area contributed by atoms with E-state index in [1.165, 1.54) is 7.05 Å². The van der Waals surface area contributed by atoms with E-state index in [1.54, 1.807) is 24.3 Å². The number of nitrogens with one attached hydrogen (secondary N) is 1. The number of hydrogen-bond donors (Lipinski definition) is 3. The first-order chi connectivity index (χ1) is 9.35. The molecule has 1 rings (SSSR count). The van der Waals surface area contributed by atoms with Gasteiger partial charge in [-0.1, -0.05) is 12.1 Å². The molecule has 0 saturated carbocycles. The molecule has 112 valence electrons. The van der Waals surface area contributed by atoms with Crippen LogP contribution in [0.25, 0.3) is 0 Å². The number of nitrogens with zero attached hydrogens (tertiary/aromatic N) is 1. The molecule has 0 aliphatic rings. The molecule has 0 atom stereocenters. The van der Waals surface area contributed by atoms with Crippen molar-refractivity contribution in [2.24, 2.45) is 0 Å². The topological polar surface area (TPSA) is 107 Å². The highest BCUT2D eigenvalue weighted by Gasteiger charge is 2.18. The minimum Gasteiger partial charge on any atom is -0.481 e. The fourth-order valence-corrected chi connectivity index (χ4v) is 2.39. The zero-order chi connectivity index (χ0) is 15.2. The maximum Gasteiger partial charge on any atom is 0.304 e. The van der Waals surface area contributed by atoms with Gasteiger partial charge in [-0.2, -0.15) is 12.7 Å². The Morgan fingerprint density at radius 2 is 1.90 bits per heavy atom. The fourth-order valence-electron chi connectivity index (χ4n) is 1.47. The van der Waals surface area contributed by atoms with Crippen molar-refractivity contribution in [2.75, 3.05) is 24.9 Å². The van der Waals surface area contributed by atoms with Crippen molar-refractivity contribution in [3.63, 3.8) is 0 Å². The number of aliphatic hydroxyl groups excluding tert-OH is 1. The molecule has 7 nitrogen and oxygen atoms in total. The summed E-state index contributed by atoms with van der Waals surface area (Å²) in [7, 11) is -2.45. The summed E-state index contributed by atoms with van der Waals surface area (Å²) < 4.78 is 27.1. The Bertz CT molecular complexity index is 541. The summed E-state index contributed by atoms with van der Waals surface area (Å²) in [5, 5.41) is 17.3. The number of carbonyl (C=O) groups is 1. The van der Waals surface area contributed by atoms with Crippen molar-refractivity contribution in [3.8, 4) is 0 Å². The molecule has 0 saturated heterocycles. The summed E-state index contributed by atoms with van der Waals surface area (Å²) in [6, 6.07) is 6.61. The number of anilines is 1. The summed E-state index contributed by atoms with van der Waals surface area (Å²) in [6.07, 6.45) is 0.248. The van der Waals surface area contributed by atoms with Gasteiger partial charge < -0.3 is 10.2 Å². The van der Waals surface area contributed by atoms with E-state index in [1.807, 2.05) is 0 Å². The number of benzene rings is 1. The van der Waals surface area contributed by atoms with Gasteiger partial charge in [0.05, 0.1) is 6.42 Å². The van der Waals surface area contributed by atoms with E-state index in [0.29, 0.717) is 12.1 Å². The van der Waals surface area contributed by atoms with Gasteiger partial charge in [0.25, 0.3) is 0 Å². The average Bonchev–Trinajstić information content (AvgIpc) is 2.38. The van der Waals surface area contributed by atoms with Crippen LogP contribution < -0.4 is 4.72 Å². The van der Waals surface area contributed by atoms with E-state index >= 15 is 0 Å². The molecule has 8 heteroatoms.